The van der Waals surface area contributed by atoms with Crippen molar-refractivity contribution in [2.24, 2.45) is 0 Å². The second kappa shape index (κ2) is 7.69. The van der Waals surface area contributed by atoms with Crippen molar-refractivity contribution in [3.8, 4) is 23.8 Å². The zero-order valence-electron chi connectivity index (χ0n) is 11.2. The molecule has 0 radical (unpaired) electrons. The van der Waals surface area contributed by atoms with E-state index in [0.717, 1.165) is 0 Å². The van der Waals surface area contributed by atoms with Gasteiger partial charge in [0, 0.05) is 11.6 Å². The molecule has 0 spiro atoms. The first-order valence-corrected chi connectivity index (χ1v) is 5.60. The Morgan fingerprint density at radius 3 is 1.80 bits per heavy atom. The summed E-state index contributed by atoms with van der Waals surface area (Å²) in [5.41, 5.74) is 0.493. The molecule has 0 aromatic heterocycles. The van der Waals surface area contributed by atoms with Crippen molar-refractivity contribution in [2.45, 2.75) is 0 Å². The van der Waals surface area contributed by atoms with Crippen LogP contribution < -0.4 is 9.47 Å². The van der Waals surface area contributed by atoms with Crippen LogP contribution in [-0.2, 0) is 19.1 Å². The van der Waals surface area contributed by atoms with E-state index < -0.39 is 11.9 Å². The lowest BCUT2D eigenvalue weighted by molar-refractivity contribution is -0.143. The molecule has 1 rings (SSSR count). The number of carbonyl (C=O) groups excluding carboxylic acids is 2. The number of rotatable bonds is 6. The number of esters is 2. The van der Waals surface area contributed by atoms with E-state index in [-0.39, 0.29) is 13.2 Å². The van der Waals surface area contributed by atoms with Gasteiger partial charge in [-0.3, -0.25) is 0 Å². The van der Waals surface area contributed by atoms with Gasteiger partial charge in [0.15, 0.2) is 13.2 Å². The van der Waals surface area contributed by atoms with Crippen molar-refractivity contribution in [1.82, 2.24) is 0 Å². The van der Waals surface area contributed by atoms with Crippen LogP contribution in [0, 0.1) is 12.3 Å². The molecule has 0 aliphatic rings. The molecule has 0 heterocycles. The Balaban J connectivity index is 2.77. The van der Waals surface area contributed by atoms with Gasteiger partial charge in [-0.1, -0.05) is 5.92 Å². The van der Waals surface area contributed by atoms with Gasteiger partial charge in [-0.15, -0.1) is 6.42 Å². The average Bonchev–Trinajstić information content (AvgIpc) is 2.49. The second-order valence-corrected chi connectivity index (χ2v) is 3.57. The highest BCUT2D eigenvalue weighted by Crippen LogP contribution is 2.22. The smallest absolute Gasteiger partial charge is 0.343 e. The Bertz CT molecular complexity index is 491. The van der Waals surface area contributed by atoms with E-state index >= 15 is 0 Å². The first kappa shape index (κ1) is 15.4. The van der Waals surface area contributed by atoms with Gasteiger partial charge < -0.3 is 18.9 Å². The maximum absolute atomic E-state index is 11.0. The van der Waals surface area contributed by atoms with Crippen molar-refractivity contribution in [3.05, 3.63) is 23.8 Å². The molecule has 0 saturated carbocycles. The normalized spacial score (nSPS) is 9.25. The fraction of sp³-hybridized carbons (Fsp3) is 0.286. The monoisotopic (exact) mass is 278 g/mol. The molecule has 0 aliphatic carbocycles. The van der Waals surface area contributed by atoms with Crippen LogP contribution in [-0.4, -0.2) is 39.4 Å². The van der Waals surface area contributed by atoms with Crippen LogP contribution in [0.25, 0.3) is 0 Å². The van der Waals surface area contributed by atoms with Crippen LogP contribution in [0.2, 0.25) is 0 Å². The number of hydrogen-bond acceptors (Lipinski definition) is 6. The zero-order valence-corrected chi connectivity index (χ0v) is 11.2. The quantitative estimate of drug-likeness (QED) is 0.565. The van der Waals surface area contributed by atoms with E-state index in [0.29, 0.717) is 17.1 Å². The summed E-state index contributed by atoms with van der Waals surface area (Å²) in [5, 5.41) is 0. The van der Waals surface area contributed by atoms with Gasteiger partial charge in [-0.25, -0.2) is 9.59 Å². The number of carbonyl (C=O) groups is 2. The predicted octanol–water partition coefficient (Wildman–Crippen LogP) is 0.771. The summed E-state index contributed by atoms with van der Waals surface area (Å²) in [6.45, 7) is -0.498. The SMILES string of the molecule is C#Cc1cc(OCC(=O)OC)cc(OCC(=O)OC)c1. The van der Waals surface area contributed by atoms with Crippen molar-refractivity contribution in [2.75, 3.05) is 27.4 Å². The van der Waals surface area contributed by atoms with Crippen LogP contribution in [0.5, 0.6) is 11.5 Å². The highest BCUT2D eigenvalue weighted by Gasteiger charge is 2.07. The minimum Gasteiger partial charge on any atom is -0.482 e. The van der Waals surface area contributed by atoms with Gasteiger partial charge >= 0.3 is 11.9 Å². The first-order valence-electron chi connectivity index (χ1n) is 5.60. The fourth-order valence-corrected chi connectivity index (χ4v) is 1.22. The topological polar surface area (TPSA) is 71.1 Å². The first-order chi connectivity index (χ1) is 9.58. The molecule has 0 saturated heterocycles. The molecule has 6 nitrogen and oxygen atoms in total. The molecule has 6 heteroatoms. The molecule has 0 fully saturated rings. The summed E-state index contributed by atoms with van der Waals surface area (Å²) in [5.74, 6) is 2.06. The molecule has 106 valence electrons. The maximum atomic E-state index is 11.0. The minimum absolute atomic E-state index is 0.249. The van der Waals surface area contributed by atoms with Gasteiger partial charge in [0.05, 0.1) is 14.2 Å². The van der Waals surface area contributed by atoms with E-state index in [1.54, 1.807) is 12.1 Å². The molecular weight excluding hydrogens is 264 g/mol. The van der Waals surface area contributed by atoms with Gasteiger partial charge in [0.2, 0.25) is 0 Å². The van der Waals surface area contributed by atoms with Crippen LogP contribution >= 0.6 is 0 Å². The Hall–Kier alpha value is -2.68. The van der Waals surface area contributed by atoms with Gasteiger partial charge in [-0.05, 0) is 12.1 Å². The molecule has 0 amide bonds. The second-order valence-electron chi connectivity index (χ2n) is 3.57. The number of benzene rings is 1. The lowest BCUT2D eigenvalue weighted by Gasteiger charge is -2.09. The molecule has 0 aliphatic heterocycles. The van der Waals surface area contributed by atoms with Crippen molar-refractivity contribution in [3.63, 3.8) is 0 Å². The van der Waals surface area contributed by atoms with Gasteiger partial charge in [-0.2, -0.15) is 0 Å². The highest BCUT2D eigenvalue weighted by atomic mass is 16.6. The summed E-state index contributed by atoms with van der Waals surface area (Å²) in [4.78, 5) is 22.0. The molecule has 0 bridgehead atoms. The van der Waals surface area contributed by atoms with Crippen molar-refractivity contribution in [1.29, 1.82) is 0 Å². The summed E-state index contributed by atoms with van der Waals surface area (Å²) < 4.78 is 19.3. The Kier molecular flexibility index (Phi) is 5.91. The average molecular weight is 278 g/mol. The summed E-state index contributed by atoms with van der Waals surface area (Å²) in [6.07, 6.45) is 5.31. The molecule has 0 N–H and O–H groups in total. The highest BCUT2D eigenvalue weighted by molar-refractivity contribution is 5.71. The largest absolute Gasteiger partial charge is 0.482 e. The number of ether oxygens (including phenoxy) is 4. The molecule has 1 aromatic carbocycles. The third-order valence-corrected chi connectivity index (χ3v) is 2.22. The third kappa shape index (κ3) is 4.90. The van der Waals surface area contributed by atoms with E-state index in [1.807, 2.05) is 0 Å². The Labute approximate surface area is 116 Å². The molecule has 1 aromatic rings. The Morgan fingerprint density at radius 1 is 1.00 bits per heavy atom. The van der Waals surface area contributed by atoms with Crippen LogP contribution in [0.3, 0.4) is 0 Å². The fourth-order valence-electron chi connectivity index (χ4n) is 1.22. The number of methoxy groups -OCH3 is 2. The number of hydrogen-bond donors (Lipinski definition) is 0. The van der Waals surface area contributed by atoms with Crippen molar-refractivity contribution < 1.29 is 28.5 Å². The predicted molar refractivity (Wildman–Crippen MR) is 69.4 cm³/mol. The van der Waals surface area contributed by atoms with Crippen LogP contribution in [0.4, 0.5) is 0 Å². The third-order valence-electron chi connectivity index (χ3n) is 2.22. The maximum Gasteiger partial charge on any atom is 0.343 e. The lowest BCUT2D eigenvalue weighted by Crippen LogP contribution is -2.14. The van der Waals surface area contributed by atoms with E-state index in [4.69, 9.17) is 15.9 Å². The molecular formula is C14H14O6. The number of terminal acetylenes is 1. The van der Waals surface area contributed by atoms with Gasteiger partial charge in [0.25, 0.3) is 0 Å². The lowest BCUT2D eigenvalue weighted by atomic mass is 10.2. The van der Waals surface area contributed by atoms with Crippen LogP contribution in [0.15, 0.2) is 18.2 Å². The van der Waals surface area contributed by atoms with E-state index in [2.05, 4.69) is 15.4 Å². The molecule has 0 atom stereocenters. The summed E-state index contributed by atoms with van der Waals surface area (Å²) in [6, 6.07) is 4.63. The van der Waals surface area contributed by atoms with Crippen molar-refractivity contribution >= 4 is 11.9 Å². The zero-order chi connectivity index (χ0) is 15.0. The van der Waals surface area contributed by atoms with Crippen LogP contribution in [0.1, 0.15) is 5.56 Å². The van der Waals surface area contributed by atoms with Gasteiger partial charge in [0.1, 0.15) is 11.5 Å². The summed E-state index contributed by atoms with van der Waals surface area (Å²) >= 11 is 0. The summed E-state index contributed by atoms with van der Waals surface area (Å²) in [7, 11) is 2.52. The molecule has 0 unspecified atom stereocenters. The Morgan fingerprint density at radius 2 is 1.45 bits per heavy atom. The minimum atomic E-state index is -0.520. The van der Waals surface area contributed by atoms with E-state index in [9.17, 15) is 9.59 Å². The molecule has 20 heavy (non-hydrogen) atoms. The standard InChI is InChI=1S/C14H14O6/c1-4-10-5-11(19-8-13(15)17-2)7-12(6-10)20-9-14(16)18-3/h1,5-7H,8-9H2,2-3H3. The van der Waals surface area contributed by atoms with E-state index in [1.165, 1.54) is 20.3 Å².